The van der Waals surface area contributed by atoms with Crippen LogP contribution in [0.1, 0.15) is 28.7 Å². The molecular formula is C18H13F3N2O2S. The summed E-state index contributed by atoms with van der Waals surface area (Å²) in [5.74, 6) is -2.39. The van der Waals surface area contributed by atoms with Crippen molar-refractivity contribution in [2.45, 2.75) is 23.8 Å². The molecule has 0 saturated carbocycles. The predicted molar refractivity (Wildman–Crippen MR) is 89.5 cm³/mol. The van der Waals surface area contributed by atoms with Crippen LogP contribution >= 0.6 is 11.8 Å². The van der Waals surface area contributed by atoms with Crippen LogP contribution in [0.2, 0.25) is 0 Å². The summed E-state index contributed by atoms with van der Waals surface area (Å²) in [5, 5.41) is 7.03. The van der Waals surface area contributed by atoms with Crippen molar-refractivity contribution in [1.82, 2.24) is 10.2 Å². The van der Waals surface area contributed by atoms with Gasteiger partial charge in [-0.05, 0) is 30.7 Å². The van der Waals surface area contributed by atoms with Gasteiger partial charge in [-0.25, -0.2) is 13.2 Å². The highest BCUT2D eigenvalue weighted by atomic mass is 32.2. The molecule has 0 amide bonds. The quantitative estimate of drug-likeness (QED) is 0.469. The number of nitrogens with zero attached hydrogens (tertiary/aromatic N) is 2. The molecule has 0 aliphatic heterocycles. The average Bonchev–Trinajstić information content (AvgIpc) is 3.03. The maximum atomic E-state index is 13.7. The van der Waals surface area contributed by atoms with Gasteiger partial charge in [-0.15, -0.1) is 10.2 Å². The lowest BCUT2D eigenvalue weighted by atomic mass is 10.1. The number of hydrogen-bond acceptors (Lipinski definition) is 5. The zero-order valence-corrected chi connectivity index (χ0v) is 14.4. The zero-order valence-electron chi connectivity index (χ0n) is 13.6. The Hall–Kier alpha value is -2.61. The van der Waals surface area contributed by atoms with Crippen LogP contribution in [0, 0.1) is 17.5 Å². The molecule has 0 aliphatic carbocycles. The van der Waals surface area contributed by atoms with E-state index in [1.165, 1.54) is 6.07 Å². The number of carbonyl (C=O) groups is 1. The standard InChI is InChI=1S/C18H13F3N2O2S/c1-10(17(24)13-7-6-12(19)9-15(13)21)26-18-23-22-16(25-18)8-11-4-2-3-5-14(11)20/h2-7,9-10H,8H2,1H3. The van der Waals surface area contributed by atoms with Crippen LogP contribution in [-0.4, -0.2) is 21.2 Å². The molecule has 0 fully saturated rings. The molecule has 0 spiro atoms. The molecule has 0 bridgehead atoms. The number of thioether (sulfide) groups is 1. The molecule has 0 aliphatic rings. The molecule has 134 valence electrons. The molecule has 0 radical (unpaired) electrons. The maximum absolute atomic E-state index is 13.7. The summed E-state index contributed by atoms with van der Waals surface area (Å²) < 4.78 is 45.7. The highest BCUT2D eigenvalue weighted by Gasteiger charge is 2.22. The van der Waals surface area contributed by atoms with Gasteiger partial charge in [-0.2, -0.15) is 0 Å². The van der Waals surface area contributed by atoms with E-state index in [1.54, 1.807) is 25.1 Å². The van der Waals surface area contributed by atoms with Crippen molar-refractivity contribution in [1.29, 1.82) is 0 Å². The summed E-state index contributed by atoms with van der Waals surface area (Å²) in [7, 11) is 0. The molecule has 3 rings (SSSR count). The molecule has 3 aromatic rings. The summed E-state index contributed by atoms with van der Waals surface area (Å²) in [6.45, 7) is 1.55. The lowest BCUT2D eigenvalue weighted by Crippen LogP contribution is -2.15. The number of benzene rings is 2. The smallest absolute Gasteiger partial charge is 0.277 e. The SMILES string of the molecule is CC(Sc1nnc(Cc2ccccc2F)o1)C(=O)c1ccc(F)cc1F. The fourth-order valence-electron chi connectivity index (χ4n) is 2.27. The van der Waals surface area contributed by atoms with Crippen LogP contribution in [0.15, 0.2) is 52.1 Å². The van der Waals surface area contributed by atoms with Gasteiger partial charge >= 0.3 is 0 Å². The van der Waals surface area contributed by atoms with Gasteiger partial charge in [0.1, 0.15) is 17.5 Å². The second-order valence-corrected chi connectivity index (χ2v) is 6.77. The van der Waals surface area contributed by atoms with Crippen LogP contribution in [-0.2, 0) is 6.42 Å². The molecule has 4 nitrogen and oxygen atoms in total. The van der Waals surface area contributed by atoms with Crippen molar-refractivity contribution in [2.24, 2.45) is 0 Å². The number of rotatable bonds is 6. The summed E-state index contributed by atoms with van der Waals surface area (Å²) >= 11 is 0.951. The van der Waals surface area contributed by atoms with E-state index in [1.807, 2.05) is 0 Å². The molecule has 0 saturated heterocycles. The van der Waals surface area contributed by atoms with Crippen molar-refractivity contribution in [3.05, 3.63) is 76.9 Å². The normalized spacial score (nSPS) is 12.2. The number of ketones is 1. The fourth-order valence-corrected chi connectivity index (χ4v) is 3.04. The van der Waals surface area contributed by atoms with E-state index in [4.69, 9.17) is 4.42 Å². The van der Waals surface area contributed by atoms with Gasteiger partial charge in [0.05, 0.1) is 17.2 Å². The number of carbonyl (C=O) groups excluding carboxylic acids is 1. The predicted octanol–water partition coefficient (Wildman–Crippen LogP) is 4.44. The summed E-state index contributed by atoms with van der Waals surface area (Å²) in [4.78, 5) is 12.3. The van der Waals surface area contributed by atoms with Crippen molar-refractivity contribution in [3.63, 3.8) is 0 Å². The third-order valence-corrected chi connectivity index (χ3v) is 4.53. The molecule has 1 heterocycles. The van der Waals surface area contributed by atoms with E-state index in [2.05, 4.69) is 10.2 Å². The largest absolute Gasteiger partial charge is 0.416 e. The van der Waals surface area contributed by atoms with Crippen molar-refractivity contribution < 1.29 is 22.4 Å². The Morgan fingerprint density at radius 1 is 1.12 bits per heavy atom. The molecule has 1 aromatic heterocycles. The topological polar surface area (TPSA) is 56.0 Å². The van der Waals surface area contributed by atoms with Gasteiger partial charge < -0.3 is 4.42 Å². The van der Waals surface area contributed by atoms with E-state index in [0.717, 1.165) is 23.9 Å². The van der Waals surface area contributed by atoms with Crippen LogP contribution in [0.4, 0.5) is 13.2 Å². The highest BCUT2D eigenvalue weighted by Crippen LogP contribution is 2.26. The minimum absolute atomic E-state index is 0.111. The third-order valence-electron chi connectivity index (χ3n) is 3.59. The first-order valence-corrected chi connectivity index (χ1v) is 8.53. The van der Waals surface area contributed by atoms with Crippen LogP contribution in [0.5, 0.6) is 0 Å². The summed E-state index contributed by atoms with van der Waals surface area (Å²) in [6.07, 6.45) is 0.120. The van der Waals surface area contributed by atoms with Crippen molar-refractivity contribution >= 4 is 17.5 Å². The summed E-state index contributed by atoms with van der Waals surface area (Å²) in [6, 6.07) is 8.99. The van der Waals surface area contributed by atoms with E-state index < -0.39 is 22.7 Å². The van der Waals surface area contributed by atoms with Gasteiger partial charge in [-0.3, -0.25) is 4.79 Å². The van der Waals surface area contributed by atoms with Crippen molar-refractivity contribution in [3.8, 4) is 0 Å². The second kappa shape index (κ2) is 7.74. The maximum Gasteiger partial charge on any atom is 0.277 e. The molecule has 1 atom stereocenters. The Morgan fingerprint density at radius 3 is 2.62 bits per heavy atom. The Balaban J connectivity index is 1.68. The van der Waals surface area contributed by atoms with Gasteiger partial charge in [-0.1, -0.05) is 30.0 Å². The van der Waals surface area contributed by atoms with E-state index >= 15 is 0 Å². The fraction of sp³-hybridized carbons (Fsp3) is 0.167. The van der Waals surface area contributed by atoms with Gasteiger partial charge in [0.25, 0.3) is 5.22 Å². The minimum atomic E-state index is -0.923. The molecular weight excluding hydrogens is 365 g/mol. The lowest BCUT2D eigenvalue weighted by molar-refractivity contribution is 0.0989. The monoisotopic (exact) mass is 378 g/mol. The first-order chi connectivity index (χ1) is 12.4. The Morgan fingerprint density at radius 2 is 1.88 bits per heavy atom. The molecule has 26 heavy (non-hydrogen) atoms. The van der Waals surface area contributed by atoms with Crippen LogP contribution < -0.4 is 0 Å². The Bertz CT molecular complexity index is 946. The molecule has 8 heteroatoms. The van der Waals surface area contributed by atoms with E-state index in [-0.39, 0.29) is 28.9 Å². The van der Waals surface area contributed by atoms with Gasteiger partial charge in [0.15, 0.2) is 5.78 Å². The van der Waals surface area contributed by atoms with Crippen LogP contribution in [0.3, 0.4) is 0 Å². The minimum Gasteiger partial charge on any atom is -0.416 e. The third kappa shape index (κ3) is 4.13. The molecule has 0 N–H and O–H groups in total. The van der Waals surface area contributed by atoms with Crippen molar-refractivity contribution in [2.75, 3.05) is 0 Å². The van der Waals surface area contributed by atoms with E-state index in [9.17, 15) is 18.0 Å². The Kier molecular flexibility index (Phi) is 5.41. The lowest BCUT2D eigenvalue weighted by Gasteiger charge is -2.08. The van der Waals surface area contributed by atoms with Gasteiger partial charge in [0.2, 0.25) is 5.89 Å². The first-order valence-electron chi connectivity index (χ1n) is 7.65. The van der Waals surface area contributed by atoms with Gasteiger partial charge in [0, 0.05) is 6.07 Å². The summed E-state index contributed by atoms with van der Waals surface area (Å²) in [5.41, 5.74) is 0.197. The number of hydrogen-bond donors (Lipinski definition) is 0. The average molecular weight is 378 g/mol. The molecule has 1 unspecified atom stereocenters. The van der Waals surface area contributed by atoms with E-state index in [0.29, 0.717) is 11.6 Å². The highest BCUT2D eigenvalue weighted by molar-refractivity contribution is 8.00. The number of aromatic nitrogens is 2. The first kappa shape index (κ1) is 18.2. The second-order valence-electron chi connectivity index (χ2n) is 5.48. The van der Waals surface area contributed by atoms with Crippen LogP contribution in [0.25, 0.3) is 0 Å². The zero-order chi connectivity index (χ0) is 18.7. The number of Topliss-reactive ketones (excluding diaryl/α,β-unsaturated/α-hetero) is 1. The molecule has 2 aromatic carbocycles. The number of halogens is 3. The Labute approximate surface area is 151 Å².